The number of anilines is 2. The van der Waals surface area contributed by atoms with E-state index in [9.17, 15) is 0 Å². The number of aliphatic hydroxyl groups is 1. The molecule has 82 valence electrons. The Labute approximate surface area is 108 Å². The number of halogens is 1. The van der Waals surface area contributed by atoms with Crippen molar-refractivity contribution in [3.8, 4) is 0 Å². The summed E-state index contributed by atoms with van der Waals surface area (Å²) >= 11 is 2.26. The Balaban J connectivity index is 2.22. The fraction of sp³-hybridized carbons (Fsp3) is 0.0769. The summed E-state index contributed by atoms with van der Waals surface area (Å²) in [4.78, 5) is 0. The van der Waals surface area contributed by atoms with Crippen LogP contribution < -0.4 is 5.32 Å². The van der Waals surface area contributed by atoms with Gasteiger partial charge in [0.2, 0.25) is 0 Å². The summed E-state index contributed by atoms with van der Waals surface area (Å²) in [5, 5.41) is 12.4. The third kappa shape index (κ3) is 2.74. The molecule has 2 aromatic rings. The zero-order chi connectivity index (χ0) is 11.4. The predicted octanol–water partition coefficient (Wildman–Crippen LogP) is 3.53. The van der Waals surface area contributed by atoms with Crippen LogP contribution in [0.4, 0.5) is 11.4 Å². The molecule has 3 heteroatoms. The van der Waals surface area contributed by atoms with Gasteiger partial charge in [0.1, 0.15) is 0 Å². The van der Waals surface area contributed by atoms with Crippen molar-refractivity contribution >= 4 is 34.0 Å². The Hall–Kier alpha value is -1.07. The second kappa shape index (κ2) is 5.32. The second-order valence-electron chi connectivity index (χ2n) is 3.46. The molecule has 0 aromatic heterocycles. The van der Waals surface area contributed by atoms with Gasteiger partial charge in [-0.1, -0.05) is 24.3 Å². The van der Waals surface area contributed by atoms with Gasteiger partial charge in [0, 0.05) is 9.26 Å². The molecule has 0 fully saturated rings. The maximum absolute atomic E-state index is 9.02. The predicted molar refractivity (Wildman–Crippen MR) is 74.8 cm³/mol. The van der Waals surface area contributed by atoms with Gasteiger partial charge in [0.05, 0.1) is 12.3 Å². The van der Waals surface area contributed by atoms with Crippen LogP contribution in [0.1, 0.15) is 5.56 Å². The molecular weight excluding hydrogens is 313 g/mol. The number of benzene rings is 2. The number of rotatable bonds is 3. The monoisotopic (exact) mass is 325 g/mol. The normalized spacial score (nSPS) is 10.1. The van der Waals surface area contributed by atoms with Crippen LogP contribution in [0.25, 0.3) is 0 Å². The minimum Gasteiger partial charge on any atom is -0.392 e. The number of hydrogen-bond acceptors (Lipinski definition) is 2. The third-order valence-electron chi connectivity index (χ3n) is 2.27. The Morgan fingerprint density at radius 1 is 1.06 bits per heavy atom. The highest BCUT2D eigenvalue weighted by Crippen LogP contribution is 2.23. The standard InChI is InChI=1S/C13H12INO/c14-12-8-10(9-16)6-7-13(12)15-11-4-2-1-3-5-11/h1-8,15-16H,9H2. The highest BCUT2D eigenvalue weighted by atomic mass is 127. The van der Waals surface area contributed by atoms with Crippen molar-refractivity contribution in [2.45, 2.75) is 6.61 Å². The van der Waals surface area contributed by atoms with Gasteiger partial charge in [0.15, 0.2) is 0 Å². The first kappa shape index (κ1) is 11.4. The molecular formula is C13H12INO. The lowest BCUT2D eigenvalue weighted by Gasteiger charge is -2.09. The molecule has 0 saturated carbocycles. The van der Waals surface area contributed by atoms with Crippen molar-refractivity contribution < 1.29 is 5.11 Å². The van der Waals surface area contributed by atoms with Crippen LogP contribution in [0.2, 0.25) is 0 Å². The van der Waals surface area contributed by atoms with E-state index in [-0.39, 0.29) is 6.61 Å². The van der Waals surface area contributed by atoms with Gasteiger partial charge in [-0.25, -0.2) is 0 Å². The van der Waals surface area contributed by atoms with Crippen molar-refractivity contribution in [2.75, 3.05) is 5.32 Å². The maximum Gasteiger partial charge on any atom is 0.0682 e. The molecule has 16 heavy (non-hydrogen) atoms. The molecule has 2 N–H and O–H groups in total. The summed E-state index contributed by atoms with van der Waals surface area (Å²) in [5.41, 5.74) is 3.06. The molecule has 0 heterocycles. The molecule has 2 aromatic carbocycles. The van der Waals surface area contributed by atoms with Gasteiger partial charge >= 0.3 is 0 Å². The van der Waals surface area contributed by atoms with E-state index in [1.54, 1.807) is 0 Å². The van der Waals surface area contributed by atoms with Crippen LogP contribution >= 0.6 is 22.6 Å². The molecule has 0 saturated heterocycles. The van der Waals surface area contributed by atoms with E-state index in [0.717, 1.165) is 20.5 Å². The van der Waals surface area contributed by atoms with E-state index in [4.69, 9.17) is 5.11 Å². The topological polar surface area (TPSA) is 32.3 Å². The molecule has 0 spiro atoms. The minimum absolute atomic E-state index is 0.0849. The van der Waals surface area contributed by atoms with E-state index < -0.39 is 0 Å². The number of nitrogens with one attached hydrogen (secondary N) is 1. The lowest BCUT2D eigenvalue weighted by molar-refractivity contribution is 0.282. The Morgan fingerprint density at radius 2 is 1.81 bits per heavy atom. The molecule has 0 amide bonds. The SMILES string of the molecule is OCc1ccc(Nc2ccccc2)c(I)c1. The van der Waals surface area contributed by atoms with E-state index in [1.807, 2.05) is 48.5 Å². The lowest BCUT2D eigenvalue weighted by atomic mass is 10.2. The number of aliphatic hydroxyl groups excluding tert-OH is 1. The molecule has 0 atom stereocenters. The van der Waals surface area contributed by atoms with Crippen LogP contribution in [0.5, 0.6) is 0 Å². The van der Waals surface area contributed by atoms with Gasteiger partial charge in [0.25, 0.3) is 0 Å². The summed E-state index contributed by atoms with van der Waals surface area (Å²) in [7, 11) is 0. The van der Waals surface area contributed by atoms with E-state index in [1.165, 1.54) is 0 Å². The molecule has 0 unspecified atom stereocenters. The van der Waals surface area contributed by atoms with Gasteiger partial charge in [-0.3, -0.25) is 0 Å². The van der Waals surface area contributed by atoms with E-state index in [0.29, 0.717) is 0 Å². The van der Waals surface area contributed by atoms with Crippen LogP contribution in [-0.2, 0) is 6.61 Å². The summed E-state index contributed by atoms with van der Waals surface area (Å²) in [6.45, 7) is 0.0849. The second-order valence-corrected chi connectivity index (χ2v) is 4.63. The quantitative estimate of drug-likeness (QED) is 0.846. The minimum atomic E-state index is 0.0849. The highest BCUT2D eigenvalue weighted by molar-refractivity contribution is 14.1. The van der Waals surface area contributed by atoms with E-state index >= 15 is 0 Å². The molecule has 2 rings (SSSR count). The van der Waals surface area contributed by atoms with Gasteiger partial charge < -0.3 is 10.4 Å². The van der Waals surface area contributed by atoms with Gasteiger partial charge in [-0.05, 0) is 52.4 Å². The first-order valence-corrected chi connectivity index (χ1v) is 6.09. The lowest BCUT2D eigenvalue weighted by Crippen LogP contribution is -1.94. The molecule has 0 bridgehead atoms. The smallest absolute Gasteiger partial charge is 0.0682 e. The molecule has 0 aliphatic heterocycles. The fourth-order valence-electron chi connectivity index (χ4n) is 1.44. The van der Waals surface area contributed by atoms with Crippen LogP contribution in [0.3, 0.4) is 0 Å². The van der Waals surface area contributed by atoms with Crippen LogP contribution in [-0.4, -0.2) is 5.11 Å². The zero-order valence-corrected chi connectivity index (χ0v) is 10.8. The number of para-hydroxylation sites is 1. The van der Waals surface area contributed by atoms with Gasteiger partial charge in [-0.2, -0.15) is 0 Å². The van der Waals surface area contributed by atoms with Crippen molar-refractivity contribution in [2.24, 2.45) is 0 Å². The van der Waals surface area contributed by atoms with Crippen molar-refractivity contribution in [1.29, 1.82) is 0 Å². The largest absolute Gasteiger partial charge is 0.392 e. The van der Waals surface area contributed by atoms with Crippen LogP contribution in [0, 0.1) is 3.57 Å². The summed E-state index contributed by atoms with van der Waals surface area (Å²) in [6, 6.07) is 15.9. The zero-order valence-electron chi connectivity index (χ0n) is 8.65. The molecule has 2 nitrogen and oxygen atoms in total. The maximum atomic E-state index is 9.02. The number of hydrogen-bond donors (Lipinski definition) is 2. The summed E-state index contributed by atoms with van der Waals surface area (Å²) in [6.07, 6.45) is 0. The highest BCUT2D eigenvalue weighted by Gasteiger charge is 2.01. The van der Waals surface area contributed by atoms with Crippen molar-refractivity contribution in [3.63, 3.8) is 0 Å². The van der Waals surface area contributed by atoms with Crippen LogP contribution in [0.15, 0.2) is 48.5 Å². The average Bonchev–Trinajstić information content (AvgIpc) is 2.33. The molecule has 0 radical (unpaired) electrons. The summed E-state index contributed by atoms with van der Waals surface area (Å²) < 4.78 is 1.10. The Kier molecular flexibility index (Phi) is 3.79. The molecule has 0 aliphatic carbocycles. The summed E-state index contributed by atoms with van der Waals surface area (Å²) in [5.74, 6) is 0. The van der Waals surface area contributed by atoms with Crippen molar-refractivity contribution in [1.82, 2.24) is 0 Å². The van der Waals surface area contributed by atoms with E-state index in [2.05, 4.69) is 27.9 Å². The van der Waals surface area contributed by atoms with Gasteiger partial charge in [-0.15, -0.1) is 0 Å². The third-order valence-corrected chi connectivity index (χ3v) is 3.16. The first-order chi connectivity index (χ1) is 7.79. The average molecular weight is 325 g/mol. The fourth-order valence-corrected chi connectivity index (χ4v) is 2.15. The van der Waals surface area contributed by atoms with Crippen molar-refractivity contribution in [3.05, 3.63) is 57.7 Å². The first-order valence-electron chi connectivity index (χ1n) is 5.01. The molecule has 0 aliphatic rings. The Bertz CT molecular complexity index is 471. The Morgan fingerprint density at radius 3 is 2.44 bits per heavy atom.